The van der Waals surface area contributed by atoms with Crippen LogP contribution in [0.3, 0.4) is 0 Å². The maximum atomic E-state index is 12.9. The first kappa shape index (κ1) is 25.8. The van der Waals surface area contributed by atoms with Gasteiger partial charge in [-0.3, -0.25) is 14.8 Å². The molecular weight excluding hydrogens is 524 g/mol. The fraction of sp³-hybridized carbons (Fsp3) is 0.737. The smallest absolute Gasteiger partial charge is 0.355 e. The summed E-state index contributed by atoms with van der Waals surface area (Å²) >= 11 is 0. The van der Waals surface area contributed by atoms with Crippen LogP contribution in [0.5, 0.6) is 0 Å². The fourth-order valence-electron chi connectivity index (χ4n) is 3.81. The van der Waals surface area contributed by atoms with E-state index in [0.717, 1.165) is 51.2 Å². The zero-order valence-corrected chi connectivity index (χ0v) is 20.4. The van der Waals surface area contributed by atoms with Crippen LogP contribution in [0.2, 0.25) is 0 Å². The number of guanidine groups is 1. The summed E-state index contributed by atoms with van der Waals surface area (Å²) in [5.41, 5.74) is 0. The van der Waals surface area contributed by atoms with Crippen molar-refractivity contribution in [1.29, 1.82) is 0 Å². The summed E-state index contributed by atoms with van der Waals surface area (Å²) in [4.78, 5) is 21.0. The Morgan fingerprint density at radius 1 is 1.06 bits per heavy atom. The molecule has 2 aliphatic heterocycles. The third kappa shape index (κ3) is 7.31. The number of piperazine rings is 2. The van der Waals surface area contributed by atoms with E-state index in [1.807, 2.05) is 11.0 Å². The van der Waals surface area contributed by atoms with Crippen molar-refractivity contribution < 1.29 is 13.2 Å². The molecule has 0 amide bonds. The standard InChI is InChI=1S/C19H31F3N8.HI/c1-16(19(20,21)22)28-12-14-29(15-13-28)17(23-2)26-6-7-27-8-10-30(11-9-27)18-24-4-3-5-25-18;/h3-5,16H,6-15H2,1-2H3,(H,23,26);1H. The van der Waals surface area contributed by atoms with Crippen LogP contribution in [-0.2, 0) is 0 Å². The van der Waals surface area contributed by atoms with E-state index in [9.17, 15) is 13.2 Å². The van der Waals surface area contributed by atoms with Crippen LogP contribution in [0.15, 0.2) is 23.5 Å². The molecule has 3 rings (SSSR count). The molecule has 0 saturated carbocycles. The zero-order valence-electron chi connectivity index (χ0n) is 18.1. The van der Waals surface area contributed by atoms with Gasteiger partial charge in [0.2, 0.25) is 5.95 Å². The minimum absolute atomic E-state index is 0. The Bertz CT molecular complexity index is 674. The van der Waals surface area contributed by atoms with E-state index in [1.54, 1.807) is 19.4 Å². The highest BCUT2D eigenvalue weighted by Crippen LogP contribution is 2.25. The number of hydrogen-bond donors (Lipinski definition) is 1. The molecular formula is C19H32F3IN8. The summed E-state index contributed by atoms with van der Waals surface area (Å²) in [5.74, 6) is 1.53. The van der Waals surface area contributed by atoms with Gasteiger partial charge in [0.05, 0.1) is 0 Å². The second-order valence-corrected chi connectivity index (χ2v) is 7.59. The summed E-state index contributed by atoms with van der Waals surface area (Å²) in [6.45, 7) is 8.34. The quantitative estimate of drug-likeness (QED) is 0.334. The van der Waals surface area contributed by atoms with Crippen molar-refractivity contribution in [1.82, 2.24) is 30.0 Å². The minimum Gasteiger partial charge on any atom is -0.355 e. The molecule has 2 fully saturated rings. The van der Waals surface area contributed by atoms with Gasteiger partial charge >= 0.3 is 6.18 Å². The van der Waals surface area contributed by atoms with Gasteiger partial charge in [-0.2, -0.15) is 13.2 Å². The first-order valence-corrected chi connectivity index (χ1v) is 10.4. The average Bonchev–Trinajstić information content (AvgIpc) is 2.77. The Balaban J connectivity index is 0.00000341. The lowest BCUT2D eigenvalue weighted by Gasteiger charge is -2.40. The molecule has 0 bridgehead atoms. The SMILES string of the molecule is CN=C(NCCN1CCN(c2ncccn2)CC1)N1CCN(C(C)C(F)(F)F)CC1.I. The molecule has 176 valence electrons. The Morgan fingerprint density at radius 3 is 2.23 bits per heavy atom. The molecule has 0 spiro atoms. The van der Waals surface area contributed by atoms with Gasteiger partial charge in [0.1, 0.15) is 6.04 Å². The summed E-state index contributed by atoms with van der Waals surface area (Å²) < 4.78 is 38.7. The Morgan fingerprint density at radius 2 is 1.68 bits per heavy atom. The normalized spacial score (nSPS) is 20.4. The van der Waals surface area contributed by atoms with Crippen molar-refractivity contribution in [3.8, 4) is 0 Å². The molecule has 31 heavy (non-hydrogen) atoms. The van der Waals surface area contributed by atoms with Gasteiger partial charge < -0.3 is 15.1 Å². The van der Waals surface area contributed by atoms with Crippen LogP contribution in [0.4, 0.5) is 19.1 Å². The third-order valence-electron chi connectivity index (χ3n) is 5.77. The van der Waals surface area contributed by atoms with Crippen molar-refractivity contribution in [3.63, 3.8) is 0 Å². The van der Waals surface area contributed by atoms with Gasteiger partial charge in [-0.15, -0.1) is 24.0 Å². The Kier molecular flexibility index (Phi) is 10.0. The molecule has 2 aliphatic rings. The van der Waals surface area contributed by atoms with Crippen molar-refractivity contribution in [2.24, 2.45) is 4.99 Å². The first-order chi connectivity index (χ1) is 14.4. The number of aliphatic imine (C=N–C) groups is 1. The third-order valence-corrected chi connectivity index (χ3v) is 5.77. The summed E-state index contributed by atoms with van der Waals surface area (Å²) in [5, 5.41) is 3.36. The number of nitrogens with one attached hydrogen (secondary N) is 1. The second kappa shape index (κ2) is 12.0. The van der Waals surface area contributed by atoms with Gasteiger partial charge in [-0.25, -0.2) is 9.97 Å². The molecule has 1 atom stereocenters. The van der Waals surface area contributed by atoms with Crippen LogP contribution in [0.25, 0.3) is 0 Å². The van der Waals surface area contributed by atoms with Crippen LogP contribution in [-0.4, -0.2) is 115 Å². The van der Waals surface area contributed by atoms with Crippen LogP contribution in [0, 0.1) is 0 Å². The van der Waals surface area contributed by atoms with Gasteiger partial charge in [0.25, 0.3) is 0 Å². The van der Waals surface area contributed by atoms with Gasteiger partial charge in [0, 0.05) is 84.9 Å². The second-order valence-electron chi connectivity index (χ2n) is 7.59. The molecule has 1 aromatic rings. The molecule has 0 radical (unpaired) electrons. The first-order valence-electron chi connectivity index (χ1n) is 10.4. The average molecular weight is 556 g/mol. The fourth-order valence-corrected chi connectivity index (χ4v) is 3.81. The van der Waals surface area contributed by atoms with Gasteiger partial charge in [0.15, 0.2) is 5.96 Å². The van der Waals surface area contributed by atoms with E-state index in [4.69, 9.17) is 0 Å². The van der Waals surface area contributed by atoms with Crippen molar-refractivity contribution >= 4 is 35.9 Å². The molecule has 3 heterocycles. The number of aromatic nitrogens is 2. The molecule has 1 N–H and O–H groups in total. The highest BCUT2D eigenvalue weighted by Gasteiger charge is 2.41. The van der Waals surface area contributed by atoms with E-state index in [1.165, 1.54) is 11.8 Å². The predicted molar refractivity (Wildman–Crippen MR) is 126 cm³/mol. The minimum atomic E-state index is -4.18. The van der Waals surface area contributed by atoms with E-state index in [-0.39, 0.29) is 24.0 Å². The number of alkyl halides is 3. The van der Waals surface area contributed by atoms with E-state index < -0.39 is 12.2 Å². The molecule has 1 aromatic heterocycles. The monoisotopic (exact) mass is 556 g/mol. The number of anilines is 1. The van der Waals surface area contributed by atoms with Crippen molar-refractivity contribution in [2.45, 2.75) is 19.1 Å². The molecule has 12 heteroatoms. The molecule has 8 nitrogen and oxygen atoms in total. The predicted octanol–water partition coefficient (Wildman–Crippen LogP) is 1.36. The molecule has 0 aliphatic carbocycles. The van der Waals surface area contributed by atoms with Crippen molar-refractivity contribution in [2.75, 3.05) is 77.4 Å². The van der Waals surface area contributed by atoms with Gasteiger partial charge in [-0.1, -0.05) is 0 Å². The van der Waals surface area contributed by atoms with Crippen LogP contribution < -0.4 is 10.2 Å². The lowest BCUT2D eigenvalue weighted by Crippen LogP contribution is -2.57. The number of halogens is 4. The maximum absolute atomic E-state index is 12.9. The lowest BCUT2D eigenvalue weighted by atomic mass is 10.2. The van der Waals surface area contributed by atoms with E-state index in [2.05, 4.69) is 30.1 Å². The number of hydrogen-bond acceptors (Lipinski definition) is 6. The van der Waals surface area contributed by atoms with Crippen molar-refractivity contribution in [3.05, 3.63) is 18.5 Å². The topological polar surface area (TPSA) is 63.1 Å². The van der Waals surface area contributed by atoms with E-state index in [0.29, 0.717) is 26.2 Å². The summed E-state index contributed by atoms with van der Waals surface area (Å²) in [6.07, 6.45) is -0.666. The zero-order chi connectivity index (χ0) is 21.6. The Labute approximate surface area is 198 Å². The number of rotatable bonds is 5. The largest absolute Gasteiger partial charge is 0.403 e. The highest BCUT2D eigenvalue weighted by molar-refractivity contribution is 14.0. The maximum Gasteiger partial charge on any atom is 0.403 e. The lowest BCUT2D eigenvalue weighted by molar-refractivity contribution is -0.181. The van der Waals surface area contributed by atoms with E-state index >= 15 is 0 Å². The van der Waals surface area contributed by atoms with Gasteiger partial charge in [-0.05, 0) is 13.0 Å². The molecule has 2 saturated heterocycles. The summed E-state index contributed by atoms with van der Waals surface area (Å²) in [7, 11) is 1.71. The molecule has 0 aromatic carbocycles. The Hall–Kier alpha value is -1.41. The van der Waals surface area contributed by atoms with Crippen LogP contribution >= 0.6 is 24.0 Å². The van der Waals surface area contributed by atoms with Crippen LogP contribution in [0.1, 0.15) is 6.92 Å². The summed E-state index contributed by atoms with van der Waals surface area (Å²) in [6, 6.07) is 0.407. The number of nitrogens with zero attached hydrogens (tertiary/aromatic N) is 7. The highest BCUT2D eigenvalue weighted by atomic mass is 127. The molecule has 1 unspecified atom stereocenters.